The molecule has 3 rings (SSSR count). The van der Waals surface area contributed by atoms with Crippen LogP contribution in [0.5, 0.6) is 0 Å². The molecule has 1 atom stereocenters. The van der Waals surface area contributed by atoms with E-state index < -0.39 is 6.23 Å². The number of thiophene rings is 1. The van der Waals surface area contributed by atoms with E-state index in [0.29, 0.717) is 17.7 Å². The Bertz CT molecular complexity index is 550. The lowest BCUT2D eigenvalue weighted by Crippen LogP contribution is -2.26. The topological polar surface area (TPSA) is 40.5 Å². The standard InChI is InChI=1S/C13H11NO2S/c15-12-10-5-1-2-6-11(10)13(16)14(12)8-9-4-3-7-17-9/h1-7,12,15H,8H2/t12-/m1/s1. The van der Waals surface area contributed by atoms with Crippen LogP contribution in [0.2, 0.25) is 0 Å². The summed E-state index contributed by atoms with van der Waals surface area (Å²) in [6, 6.07) is 11.1. The van der Waals surface area contributed by atoms with E-state index in [1.54, 1.807) is 23.5 Å². The molecule has 2 heterocycles. The normalized spacial score (nSPS) is 18.5. The molecule has 1 aromatic heterocycles. The Morgan fingerprint density at radius 1 is 1.24 bits per heavy atom. The average molecular weight is 245 g/mol. The van der Waals surface area contributed by atoms with Gasteiger partial charge in [0.1, 0.15) is 0 Å². The van der Waals surface area contributed by atoms with Gasteiger partial charge in [0.25, 0.3) is 5.91 Å². The fraction of sp³-hybridized carbons (Fsp3) is 0.154. The minimum Gasteiger partial charge on any atom is -0.369 e. The van der Waals surface area contributed by atoms with Gasteiger partial charge in [0, 0.05) is 16.0 Å². The Kier molecular flexibility index (Phi) is 2.46. The lowest BCUT2D eigenvalue weighted by atomic mass is 10.1. The van der Waals surface area contributed by atoms with E-state index in [9.17, 15) is 9.90 Å². The summed E-state index contributed by atoms with van der Waals surface area (Å²) in [6.07, 6.45) is -0.819. The smallest absolute Gasteiger partial charge is 0.256 e. The molecule has 1 aliphatic heterocycles. The number of aliphatic hydroxyl groups is 1. The van der Waals surface area contributed by atoms with Crippen molar-refractivity contribution >= 4 is 17.2 Å². The van der Waals surface area contributed by atoms with Gasteiger partial charge in [0.05, 0.1) is 6.54 Å². The molecule has 0 unspecified atom stereocenters. The lowest BCUT2D eigenvalue weighted by Gasteiger charge is -2.19. The van der Waals surface area contributed by atoms with Gasteiger partial charge < -0.3 is 10.0 Å². The van der Waals surface area contributed by atoms with Crippen molar-refractivity contribution in [1.82, 2.24) is 4.90 Å². The summed E-state index contributed by atoms with van der Waals surface area (Å²) in [5, 5.41) is 12.1. The fourth-order valence-corrected chi connectivity index (χ4v) is 2.78. The Hall–Kier alpha value is -1.65. The number of carbonyl (C=O) groups is 1. The van der Waals surface area contributed by atoms with E-state index in [-0.39, 0.29) is 5.91 Å². The predicted octanol–water partition coefficient (Wildman–Crippen LogP) is 2.40. The molecule has 0 bridgehead atoms. The highest BCUT2D eigenvalue weighted by atomic mass is 32.1. The van der Waals surface area contributed by atoms with Gasteiger partial charge in [0.2, 0.25) is 0 Å². The molecule has 17 heavy (non-hydrogen) atoms. The molecule has 86 valence electrons. The van der Waals surface area contributed by atoms with E-state index in [0.717, 1.165) is 4.88 Å². The predicted molar refractivity (Wildman–Crippen MR) is 65.6 cm³/mol. The van der Waals surface area contributed by atoms with Crippen LogP contribution < -0.4 is 0 Å². The van der Waals surface area contributed by atoms with E-state index >= 15 is 0 Å². The molecular weight excluding hydrogens is 234 g/mol. The summed E-state index contributed by atoms with van der Waals surface area (Å²) in [5.74, 6) is -0.0958. The molecular formula is C13H11NO2S. The average Bonchev–Trinajstić information content (AvgIpc) is 2.94. The van der Waals surface area contributed by atoms with Crippen LogP contribution in [0.4, 0.5) is 0 Å². The van der Waals surface area contributed by atoms with Gasteiger partial charge in [-0.1, -0.05) is 24.3 Å². The van der Waals surface area contributed by atoms with Gasteiger partial charge in [-0.3, -0.25) is 4.79 Å². The van der Waals surface area contributed by atoms with Crippen LogP contribution in [0, 0.1) is 0 Å². The molecule has 1 amide bonds. The zero-order chi connectivity index (χ0) is 11.8. The van der Waals surface area contributed by atoms with E-state index in [2.05, 4.69) is 0 Å². The maximum atomic E-state index is 12.1. The highest BCUT2D eigenvalue weighted by Gasteiger charge is 2.34. The number of carbonyl (C=O) groups excluding carboxylic acids is 1. The first-order valence-corrected chi connectivity index (χ1v) is 6.25. The molecule has 3 nitrogen and oxygen atoms in total. The molecule has 0 saturated carbocycles. The zero-order valence-corrected chi connectivity index (χ0v) is 9.85. The first-order chi connectivity index (χ1) is 8.27. The molecule has 0 radical (unpaired) electrons. The Balaban J connectivity index is 1.92. The summed E-state index contributed by atoms with van der Waals surface area (Å²) in [6.45, 7) is 0.465. The maximum Gasteiger partial charge on any atom is 0.256 e. The van der Waals surface area contributed by atoms with Crippen molar-refractivity contribution < 1.29 is 9.90 Å². The molecule has 1 N–H and O–H groups in total. The second-order valence-corrected chi connectivity index (χ2v) is 5.01. The first-order valence-electron chi connectivity index (χ1n) is 5.38. The summed E-state index contributed by atoms with van der Waals surface area (Å²) >= 11 is 1.59. The van der Waals surface area contributed by atoms with Crippen LogP contribution in [-0.2, 0) is 6.54 Å². The molecule has 0 aliphatic carbocycles. The molecule has 2 aromatic rings. The number of nitrogens with zero attached hydrogens (tertiary/aromatic N) is 1. The van der Waals surface area contributed by atoms with Crippen LogP contribution in [0.25, 0.3) is 0 Å². The second kappa shape index (κ2) is 3.98. The summed E-state index contributed by atoms with van der Waals surface area (Å²) in [4.78, 5) is 14.7. The van der Waals surface area contributed by atoms with E-state index in [4.69, 9.17) is 0 Å². The van der Waals surface area contributed by atoms with E-state index in [1.165, 1.54) is 4.90 Å². The first kappa shape index (κ1) is 10.5. The van der Waals surface area contributed by atoms with Crippen molar-refractivity contribution in [1.29, 1.82) is 0 Å². The Morgan fingerprint density at radius 2 is 2.06 bits per heavy atom. The van der Waals surface area contributed by atoms with Crippen LogP contribution in [0.3, 0.4) is 0 Å². The summed E-state index contributed by atoms with van der Waals surface area (Å²) in [7, 11) is 0. The monoisotopic (exact) mass is 245 g/mol. The minimum atomic E-state index is -0.819. The minimum absolute atomic E-state index is 0.0958. The maximum absolute atomic E-state index is 12.1. The molecule has 1 aromatic carbocycles. The number of amides is 1. The van der Waals surface area contributed by atoms with Gasteiger partial charge in [-0.2, -0.15) is 0 Å². The number of hydrogen-bond acceptors (Lipinski definition) is 3. The third-order valence-electron chi connectivity index (χ3n) is 2.93. The summed E-state index contributed by atoms with van der Waals surface area (Å²) < 4.78 is 0. The van der Waals surface area contributed by atoms with Gasteiger partial charge >= 0.3 is 0 Å². The third-order valence-corrected chi connectivity index (χ3v) is 3.79. The van der Waals surface area contributed by atoms with Crippen LogP contribution in [-0.4, -0.2) is 15.9 Å². The SMILES string of the molecule is O=C1c2ccccc2[C@@H](O)N1Cc1cccs1. The van der Waals surface area contributed by atoms with Gasteiger partial charge in [0.15, 0.2) is 6.23 Å². The van der Waals surface area contributed by atoms with Crippen molar-refractivity contribution in [3.05, 3.63) is 57.8 Å². The van der Waals surface area contributed by atoms with Crippen molar-refractivity contribution in [3.8, 4) is 0 Å². The largest absolute Gasteiger partial charge is 0.369 e. The quantitative estimate of drug-likeness (QED) is 0.882. The van der Waals surface area contributed by atoms with Crippen molar-refractivity contribution in [3.63, 3.8) is 0 Å². The molecule has 0 spiro atoms. The van der Waals surface area contributed by atoms with Gasteiger partial charge in [-0.25, -0.2) is 0 Å². The zero-order valence-electron chi connectivity index (χ0n) is 9.04. The van der Waals surface area contributed by atoms with Crippen molar-refractivity contribution in [2.24, 2.45) is 0 Å². The molecule has 0 fully saturated rings. The number of aliphatic hydroxyl groups excluding tert-OH is 1. The molecule has 4 heteroatoms. The molecule has 1 aliphatic rings. The fourth-order valence-electron chi connectivity index (χ4n) is 2.08. The highest BCUT2D eigenvalue weighted by molar-refractivity contribution is 7.09. The lowest BCUT2D eigenvalue weighted by molar-refractivity contribution is 0.0142. The van der Waals surface area contributed by atoms with Crippen molar-refractivity contribution in [2.75, 3.05) is 0 Å². The number of hydrogen-bond donors (Lipinski definition) is 1. The number of benzene rings is 1. The Labute approximate surface area is 103 Å². The van der Waals surface area contributed by atoms with Crippen LogP contribution in [0.1, 0.15) is 27.0 Å². The Morgan fingerprint density at radius 3 is 2.76 bits per heavy atom. The van der Waals surface area contributed by atoms with E-state index in [1.807, 2.05) is 29.6 Å². The van der Waals surface area contributed by atoms with Crippen LogP contribution in [0.15, 0.2) is 41.8 Å². The van der Waals surface area contributed by atoms with Crippen molar-refractivity contribution in [2.45, 2.75) is 12.8 Å². The number of rotatable bonds is 2. The highest BCUT2D eigenvalue weighted by Crippen LogP contribution is 2.33. The third kappa shape index (κ3) is 1.66. The van der Waals surface area contributed by atoms with Crippen LogP contribution >= 0.6 is 11.3 Å². The number of fused-ring (bicyclic) bond motifs is 1. The van der Waals surface area contributed by atoms with Gasteiger partial charge in [-0.05, 0) is 17.5 Å². The van der Waals surface area contributed by atoms with Gasteiger partial charge in [-0.15, -0.1) is 11.3 Å². The summed E-state index contributed by atoms with van der Waals surface area (Å²) in [5.41, 5.74) is 1.31. The second-order valence-electron chi connectivity index (χ2n) is 3.97. The molecule has 0 saturated heterocycles.